The fourth-order valence-corrected chi connectivity index (χ4v) is 3.16. The smallest absolute Gasteiger partial charge is 0.291 e. The maximum absolute atomic E-state index is 12.6. The number of nitrogens with one attached hydrogen (secondary N) is 2. The number of hydrogen-bond donors (Lipinski definition) is 2. The molecule has 0 bridgehead atoms. The maximum atomic E-state index is 12.6. The normalized spacial score (nSPS) is 13.7. The molecule has 0 saturated carbocycles. The molecule has 6 nitrogen and oxygen atoms in total. The number of benzene rings is 3. The van der Waals surface area contributed by atoms with Gasteiger partial charge in [-0.1, -0.05) is 42.5 Å². The average molecular weight is 414 g/mol. The molecule has 0 saturated heterocycles. The average Bonchev–Trinajstić information content (AvgIpc) is 2.79. The second-order valence-corrected chi connectivity index (χ2v) is 6.95. The Kier molecular flexibility index (Phi) is 5.98. The van der Waals surface area contributed by atoms with Crippen molar-refractivity contribution in [3.8, 4) is 11.5 Å². The van der Waals surface area contributed by atoms with Crippen LogP contribution in [0.5, 0.6) is 11.5 Å². The molecule has 4 rings (SSSR count). The van der Waals surface area contributed by atoms with Crippen molar-refractivity contribution in [3.63, 3.8) is 0 Å². The number of ether oxygens (including phenoxy) is 2. The van der Waals surface area contributed by atoms with E-state index < -0.39 is 0 Å². The second-order valence-electron chi connectivity index (χ2n) is 6.95. The zero-order chi connectivity index (χ0) is 21.6. The van der Waals surface area contributed by atoms with Crippen LogP contribution in [-0.4, -0.2) is 18.4 Å². The molecule has 1 aliphatic heterocycles. The Balaban J connectivity index is 1.42. The van der Waals surface area contributed by atoms with E-state index in [0.29, 0.717) is 30.2 Å². The van der Waals surface area contributed by atoms with Crippen molar-refractivity contribution < 1.29 is 19.1 Å². The van der Waals surface area contributed by atoms with Crippen LogP contribution in [0.2, 0.25) is 0 Å². The van der Waals surface area contributed by atoms with Gasteiger partial charge >= 0.3 is 0 Å². The van der Waals surface area contributed by atoms with Gasteiger partial charge in [0.05, 0.1) is 12.3 Å². The third-order valence-corrected chi connectivity index (χ3v) is 4.72. The maximum Gasteiger partial charge on any atom is 0.291 e. The Hall–Kier alpha value is -4.06. The van der Waals surface area contributed by atoms with Gasteiger partial charge < -0.3 is 20.1 Å². The second kappa shape index (κ2) is 9.17. The van der Waals surface area contributed by atoms with E-state index in [4.69, 9.17) is 9.47 Å². The van der Waals surface area contributed by atoms with Gasteiger partial charge in [-0.3, -0.25) is 9.59 Å². The number of carbonyl (C=O) groups is 2. The first-order valence-corrected chi connectivity index (χ1v) is 10.0. The molecule has 0 aromatic heterocycles. The number of hydrogen-bond acceptors (Lipinski definition) is 4. The van der Waals surface area contributed by atoms with E-state index in [1.165, 1.54) is 0 Å². The first kappa shape index (κ1) is 20.2. The summed E-state index contributed by atoms with van der Waals surface area (Å²) in [5.74, 6) is 0.889. The molecule has 3 aromatic rings. The molecule has 0 radical (unpaired) electrons. The van der Waals surface area contributed by atoms with Crippen LogP contribution in [0.15, 0.2) is 78.6 Å². The minimum absolute atomic E-state index is 0.200. The molecular weight excluding hydrogens is 392 g/mol. The number of anilines is 1. The summed E-state index contributed by atoms with van der Waals surface area (Å²) in [5, 5.41) is 5.67. The summed E-state index contributed by atoms with van der Waals surface area (Å²) in [6, 6.07) is 22.0. The lowest BCUT2D eigenvalue weighted by molar-refractivity contribution is -0.115. The molecule has 2 amide bonds. The molecule has 1 aliphatic rings. The van der Waals surface area contributed by atoms with Gasteiger partial charge in [0.2, 0.25) is 0 Å². The van der Waals surface area contributed by atoms with Gasteiger partial charge in [-0.05, 0) is 54.5 Å². The predicted molar refractivity (Wildman–Crippen MR) is 119 cm³/mol. The zero-order valence-electron chi connectivity index (χ0n) is 17.1. The number of fused-ring (bicyclic) bond motifs is 1. The number of amides is 2. The standard InChI is InChI=1S/C25H22N2O4/c1-2-30-20-11-8-18(9-12-20)16-26-24(28)19-10-13-22-21(15-19)27-25(29)23(31-22)14-17-6-4-3-5-7-17/h3-15H,2,16H2,1H3,(H,26,28)(H,27,29)/b23-14+. The Morgan fingerprint density at radius 2 is 1.84 bits per heavy atom. The Morgan fingerprint density at radius 1 is 1.06 bits per heavy atom. The van der Waals surface area contributed by atoms with Crippen molar-refractivity contribution in [1.82, 2.24) is 5.32 Å². The molecular formula is C25H22N2O4. The largest absolute Gasteiger partial charge is 0.494 e. The van der Waals surface area contributed by atoms with E-state index in [1.807, 2.05) is 61.5 Å². The molecule has 2 N–H and O–H groups in total. The topological polar surface area (TPSA) is 76.7 Å². The summed E-state index contributed by atoms with van der Waals surface area (Å²) in [5.41, 5.74) is 2.72. The van der Waals surface area contributed by atoms with E-state index in [0.717, 1.165) is 16.9 Å². The highest BCUT2D eigenvalue weighted by molar-refractivity contribution is 6.09. The quantitative estimate of drug-likeness (QED) is 0.587. The lowest BCUT2D eigenvalue weighted by Gasteiger charge is -2.20. The van der Waals surface area contributed by atoms with Gasteiger partial charge in [-0.2, -0.15) is 0 Å². The summed E-state index contributed by atoms with van der Waals surface area (Å²) < 4.78 is 11.2. The highest BCUT2D eigenvalue weighted by Crippen LogP contribution is 2.32. The Bertz CT molecular complexity index is 1120. The van der Waals surface area contributed by atoms with Gasteiger partial charge in [0.15, 0.2) is 11.5 Å². The van der Waals surface area contributed by atoms with Crippen molar-refractivity contribution in [3.05, 3.63) is 95.2 Å². The van der Waals surface area contributed by atoms with Crippen LogP contribution >= 0.6 is 0 Å². The van der Waals surface area contributed by atoms with Crippen LogP contribution in [0, 0.1) is 0 Å². The van der Waals surface area contributed by atoms with E-state index in [-0.39, 0.29) is 17.6 Å². The Morgan fingerprint density at radius 3 is 2.58 bits per heavy atom. The molecule has 0 fully saturated rings. The van der Waals surface area contributed by atoms with Gasteiger partial charge in [-0.25, -0.2) is 0 Å². The SMILES string of the molecule is CCOc1ccc(CNC(=O)c2ccc3c(c2)NC(=O)/C(=C\c2ccccc2)O3)cc1. The van der Waals surface area contributed by atoms with Crippen molar-refractivity contribution in [2.24, 2.45) is 0 Å². The fraction of sp³-hybridized carbons (Fsp3) is 0.120. The Labute approximate surface area is 180 Å². The summed E-state index contributed by atoms with van der Waals surface area (Å²) in [7, 11) is 0. The van der Waals surface area contributed by atoms with E-state index in [1.54, 1.807) is 24.3 Å². The summed E-state index contributed by atoms with van der Waals surface area (Å²) in [6.45, 7) is 2.92. The monoisotopic (exact) mass is 414 g/mol. The van der Waals surface area contributed by atoms with Crippen LogP contribution in [0.25, 0.3) is 6.08 Å². The predicted octanol–water partition coefficient (Wildman–Crippen LogP) is 4.39. The summed E-state index contributed by atoms with van der Waals surface area (Å²) >= 11 is 0. The first-order valence-electron chi connectivity index (χ1n) is 10.0. The summed E-state index contributed by atoms with van der Waals surface area (Å²) in [6.07, 6.45) is 1.68. The van der Waals surface area contributed by atoms with Crippen LogP contribution in [0.3, 0.4) is 0 Å². The third-order valence-electron chi connectivity index (χ3n) is 4.72. The van der Waals surface area contributed by atoms with Crippen molar-refractivity contribution >= 4 is 23.6 Å². The molecule has 1 heterocycles. The molecule has 0 unspecified atom stereocenters. The molecule has 6 heteroatoms. The number of carbonyl (C=O) groups excluding carboxylic acids is 2. The molecule has 0 aliphatic carbocycles. The lowest BCUT2D eigenvalue weighted by atomic mass is 10.1. The van der Waals surface area contributed by atoms with Crippen LogP contribution in [0.4, 0.5) is 5.69 Å². The molecule has 0 atom stereocenters. The lowest BCUT2D eigenvalue weighted by Crippen LogP contribution is -2.25. The zero-order valence-corrected chi connectivity index (χ0v) is 17.1. The molecule has 156 valence electrons. The van der Waals surface area contributed by atoms with Crippen molar-refractivity contribution in [2.75, 3.05) is 11.9 Å². The van der Waals surface area contributed by atoms with Gasteiger partial charge in [0, 0.05) is 12.1 Å². The van der Waals surface area contributed by atoms with Gasteiger partial charge in [0.1, 0.15) is 5.75 Å². The van der Waals surface area contributed by atoms with Crippen LogP contribution in [-0.2, 0) is 11.3 Å². The highest BCUT2D eigenvalue weighted by Gasteiger charge is 2.23. The van der Waals surface area contributed by atoms with Crippen molar-refractivity contribution in [2.45, 2.75) is 13.5 Å². The summed E-state index contributed by atoms with van der Waals surface area (Å²) in [4.78, 5) is 25.0. The first-order chi connectivity index (χ1) is 15.1. The van der Waals surface area contributed by atoms with Crippen LogP contribution < -0.4 is 20.1 Å². The minimum atomic E-state index is -0.358. The van der Waals surface area contributed by atoms with Gasteiger partial charge in [0.25, 0.3) is 11.8 Å². The molecule has 3 aromatic carbocycles. The highest BCUT2D eigenvalue weighted by atomic mass is 16.5. The fourth-order valence-electron chi connectivity index (χ4n) is 3.16. The molecule has 0 spiro atoms. The van der Waals surface area contributed by atoms with E-state index >= 15 is 0 Å². The third kappa shape index (κ3) is 4.93. The minimum Gasteiger partial charge on any atom is -0.494 e. The van der Waals surface area contributed by atoms with E-state index in [2.05, 4.69) is 10.6 Å². The number of rotatable bonds is 6. The van der Waals surface area contributed by atoms with Gasteiger partial charge in [-0.15, -0.1) is 0 Å². The van der Waals surface area contributed by atoms with Crippen molar-refractivity contribution in [1.29, 1.82) is 0 Å². The molecule has 31 heavy (non-hydrogen) atoms. The van der Waals surface area contributed by atoms with Crippen LogP contribution in [0.1, 0.15) is 28.4 Å². The van der Waals surface area contributed by atoms with E-state index in [9.17, 15) is 9.59 Å².